The van der Waals surface area contributed by atoms with Gasteiger partial charge >= 0.3 is 0 Å². The summed E-state index contributed by atoms with van der Waals surface area (Å²) in [6.07, 6.45) is 4.31. The zero-order valence-corrected chi connectivity index (χ0v) is 9.46. The van der Waals surface area contributed by atoms with Crippen molar-refractivity contribution in [1.29, 1.82) is 0 Å². The van der Waals surface area contributed by atoms with Crippen LogP contribution in [0, 0.1) is 6.92 Å². The normalized spacial score (nSPS) is 19.8. The molecule has 1 aromatic heterocycles. The average molecular weight is 193 g/mol. The van der Waals surface area contributed by atoms with Crippen LogP contribution < -0.4 is 5.73 Å². The molecule has 0 atom stereocenters. The van der Waals surface area contributed by atoms with Gasteiger partial charge in [0.05, 0.1) is 6.20 Å². The summed E-state index contributed by atoms with van der Waals surface area (Å²) in [5.74, 6) is 0. The summed E-state index contributed by atoms with van der Waals surface area (Å²) < 4.78 is 1.98. The lowest BCUT2D eigenvalue weighted by molar-refractivity contribution is 0.370. The standard InChI is InChI=1S/C11H19N3/c1-8-7-13-14(4)9(8)11(5-6-11)10(2,3)12/h7H,5-6,12H2,1-4H3. The molecule has 14 heavy (non-hydrogen) atoms. The van der Waals surface area contributed by atoms with Gasteiger partial charge in [0.25, 0.3) is 0 Å². The van der Waals surface area contributed by atoms with E-state index in [4.69, 9.17) is 5.73 Å². The molecule has 0 radical (unpaired) electrons. The van der Waals surface area contributed by atoms with Gasteiger partial charge in [0.1, 0.15) is 0 Å². The van der Waals surface area contributed by atoms with Crippen molar-refractivity contribution in [2.75, 3.05) is 0 Å². The highest BCUT2D eigenvalue weighted by molar-refractivity contribution is 5.36. The van der Waals surface area contributed by atoms with Gasteiger partial charge in [-0.25, -0.2) is 0 Å². The van der Waals surface area contributed by atoms with Crippen LogP contribution >= 0.6 is 0 Å². The summed E-state index contributed by atoms with van der Waals surface area (Å²) in [6.45, 7) is 6.35. The fourth-order valence-corrected chi connectivity index (χ4v) is 2.55. The van der Waals surface area contributed by atoms with Crippen molar-refractivity contribution >= 4 is 0 Å². The topological polar surface area (TPSA) is 43.8 Å². The molecule has 0 aromatic carbocycles. The summed E-state index contributed by atoms with van der Waals surface area (Å²) in [7, 11) is 2.01. The molecule has 3 heteroatoms. The molecule has 0 spiro atoms. The Morgan fingerprint density at radius 3 is 2.36 bits per heavy atom. The quantitative estimate of drug-likeness (QED) is 0.773. The molecule has 0 saturated heterocycles. The summed E-state index contributed by atoms with van der Waals surface area (Å²) in [5.41, 5.74) is 8.88. The van der Waals surface area contributed by atoms with Crippen LogP contribution in [0.25, 0.3) is 0 Å². The molecule has 1 heterocycles. The number of rotatable bonds is 2. The number of hydrogen-bond donors (Lipinski definition) is 1. The minimum Gasteiger partial charge on any atom is -0.325 e. The predicted molar refractivity (Wildman–Crippen MR) is 57.1 cm³/mol. The lowest BCUT2D eigenvalue weighted by atomic mass is 9.81. The van der Waals surface area contributed by atoms with E-state index in [2.05, 4.69) is 25.9 Å². The number of nitrogens with zero attached hydrogens (tertiary/aromatic N) is 2. The van der Waals surface area contributed by atoms with Crippen LogP contribution in [0.15, 0.2) is 6.20 Å². The van der Waals surface area contributed by atoms with Gasteiger partial charge in [-0.3, -0.25) is 4.68 Å². The first-order valence-electron chi connectivity index (χ1n) is 5.16. The van der Waals surface area contributed by atoms with E-state index in [1.165, 1.54) is 24.1 Å². The van der Waals surface area contributed by atoms with Crippen molar-refractivity contribution in [3.05, 3.63) is 17.5 Å². The van der Waals surface area contributed by atoms with Crippen LogP contribution in [-0.2, 0) is 12.5 Å². The smallest absolute Gasteiger partial charge is 0.0521 e. The van der Waals surface area contributed by atoms with Gasteiger partial charge in [-0.05, 0) is 39.2 Å². The van der Waals surface area contributed by atoms with Crippen LogP contribution in [0.4, 0.5) is 0 Å². The van der Waals surface area contributed by atoms with Crippen molar-refractivity contribution in [3.8, 4) is 0 Å². The van der Waals surface area contributed by atoms with Gasteiger partial charge in [0.15, 0.2) is 0 Å². The first-order chi connectivity index (χ1) is 6.38. The maximum atomic E-state index is 6.26. The molecule has 0 aliphatic heterocycles. The molecular formula is C11H19N3. The molecule has 0 amide bonds. The van der Waals surface area contributed by atoms with Crippen LogP contribution in [0.3, 0.4) is 0 Å². The molecule has 1 aliphatic carbocycles. The Morgan fingerprint density at radius 1 is 1.50 bits per heavy atom. The van der Waals surface area contributed by atoms with E-state index in [-0.39, 0.29) is 11.0 Å². The third kappa shape index (κ3) is 1.12. The summed E-state index contributed by atoms with van der Waals surface area (Å²) in [4.78, 5) is 0. The van der Waals surface area contributed by atoms with Crippen molar-refractivity contribution < 1.29 is 0 Å². The average Bonchev–Trinajstić information content (AvgIpc) is 2.76. The molecule has 78 valence electrons. The van der Waals surface area contributed by atoms with Gasteiger partial charge in [-0.15, -0.1) is 0 Å². The van der Waals surface area contributed by atoms with E-state index >= 15 is 0 Å². The zero-order valence-electron chi connectivity index (χ0n) is 9.46. The fourth-order valence-electron chi connectivity index (χ4n) is 2.55. The SMILES string of the molecule is Cc1cnn(C)c1C1(C(C)(C)N)CC1. The molecule has 3 nitrogen and oxygen atoms in total. The minimum atomic E-state index is -0.147. The van der Waals surface area contributed by atoms with E-state index in [9.17, 15) is 0 Å². The Morgan fingerprint density at radius 2 is 2.07 bits per heavy atom. The number of aryl methyl sites for hydroxylation is 2. The van der Waals surface area contributed by atoms with Crippen molar-refractivity contribution in [3.63, 3.8) is 0 Å². The molecule has 2 rings (SSSR count). The highest BCUT2D eigenvalue weighted by atomic mass is 15.3. The fraction of sp³-hybridized carbons (Fsp3) is 0.727. The van der Waals surface area contributed by atoms with Crippen molar-refractivity contribution in [2.45, 2.75) is 44.6 Å². The predicted octanol–water partition coefficient (Wildman–Crippen LogP) is 1.50. The molecule has 0 unspecified atom stereocenters. The van der Waals surface area contributed by atoms with Crippen molar-refractivity contribution in [2.24, 2.45) is 12.8 Å². The van der Waals surface area contributed by atoms with E-state index in [1.54, 1.807) is 0 Å². The number of nitrogens with two attached hydrogens (primary N) is 1. The first kappa shape index (κ1) is 9.71. The van der Waals surface area contributed by atoms with Crippen LogP contribution in [-0.4, -0.2) is 15.3 Å². The molecule has 0 bridgehead atoms. The van der Waals surface area contributed by atoms with E-state index < -0.39 is 0 Å². The van der Waals surface area contributed by atoms with E-state index in [1.807, 2.05) is 17.9 Å². The summed E-state index contributed by atoms with van der Waals surface area (Å²) in [6, 6.07) is 0. The molecule has 1 saturated carbocycles. The van der Waals surface area contributed by atoms with Crippen molar-refractivity contribution in [1.82, 2.24) is 9.78 Å². The second-order valence-electron chi connectivity index (χ2n) is 5.10. The number of hydrogen-bond acceptors (Lipinski definition) is 2. The Bertz CT molecular complexity index is 334. The zero-order chi connectivity index (χ0) is 10.6. The van der Waals surface area contributed by atoms with Gasteiger partial charge in [-0.1, -0.05) is 0 Å². The lowest BCUT2D eigenvalue weighted by Gasteiger charge is -2.31. The molecule has 2 N–H and O–H groups in total. The van der Waals surface area contributed by atoms with E-state index in [0.29, 0.717) is 0 Å². The Balaban J connectivity index is 2.50. The molecule has 1 aromatic rings. The largest absolute Gasteiger partial charge is 0.325 e. The van der Waals surface area contributed by atoms with Gasteiger partial charge in [0.2, 0.25) is 0 Å². The Kier molecular flexibility index (Phi) is 1.80. The lowest BCUT2D eigenvalue weighted by Crippen LogP contribution is -2.46. The summed E-state index contributed by atoms with van der Waals surface area (Å²) in [5, 5.41) is 4.30. The first-order valence-corrected chi connectivity index (χ1v) is 5.16. The van der Waals surface area contributed by atoms with Gasteiger partial charge in [0, 0.05) is 23.7 Å². The number of aromatic nitrogens is 2. The highest BCUT2D eigenvalue weighted by Crippen LogP contribution is 2.55. The Labute approximate surface area is 85.3 Å². The molecular weight excluding hydrogens is 174 g/mol. The van der Waals surface area contributed by atoms with Crippen LogP contribution in [0.1, 0.15) is 37.9 Å². The maximum Gasteiger partial charge on any atom is 0.0521 e. The molecule has 1 aliphatic rings. The third-order valence-corrected chi connectivity index (χ3v) is 3.56. The molecule has 1 fully saturated rings. The third-order valence-electron chi connectivity index (χ3n) is 3.56. The van der Waals surface area contributed by atoms with Gasteiger partial charge < -0.3 is 5.73 Å². The van der Waals surface area contributed by atoms with Crippen LogP contribution in [0.5, 0.6) is 0 Å². The van der Waals surface area contributed by atoms with Crippen LogP contribution in [0.2, 0.25) is 0 Å². The van der Waals surface area contributed by atoms with Gasteiger partial charge in [-0.2, -0.15) is 5.10 Å². The monoisotopic (exact) mass is 193 g/mol. The summed E-state index contributed by atoms with van der Waals surface area (Å²) >= 11 is 0. The van der Waals surface area contributed by atoms with E-state index in [0.717, 1.165) is 0 Å². The maximum absolute atomic E-state index is 6.26. The highest BCUT2D eigenvalue weighted by Gasteiger charge is 2.56. The second kappa shape index (κ2) is 2.60. The Hall–Kier alpha value is -0.830. The second-order valence-corrected chi connectivity index (χ2v) is 5.10. The minimum absolute atomic E-state index is 0.147.